The van der Waals surface area contributed by atoms with Gasteiger partial charge < -0.3 is 9.64 Å². The Morgan fingerprint density at radius 3 is 2.96 bits per heavy atom. The molecule has 0 bridgehead atoms. The molecular weight excluding hydrogens is 340 g/mol. The average molecular weight is 368 g/mol. The highest BCUT2D eigenvalue weighted by Gasteiger charge is 2.43. The van der Waals surface area contributed by atoms with Gasteiger partial charge in [0.1, 0.15) is 5.75 Å². The van der Waals surface area contributed by atoms with Crippen molar-refractivity contribution in [3.63, 3.8) is 0 Å². The number of amides is 1. The fraction of sp³-hybridized carbons (Fsp3) is 0.524. The maximum atomic E-state index is 12.8. The van der Waals surface area contributed by atoms with Crippen LogP contribution in [-0.4, -0.2) is 59.2 Å². The molecule has 1 aromatic carbocycles. The lowest BCUT2D eigenvalue weighted by molar-refractivity contribution is 0.0674. The number of hydrogen-bond acceptors (Lipinski definition) is 4. The van der Waals surface area contributed by atoms with Gasteiger partial charge in [0.15, 0.2) is 0 Å². The van der Waals surface area contributed by atoms with Gasteiger partial charge in [0.2, 0.25) is 0 Å². The Morgan fingerprint density at radius 1 is 1.30 bits per heavy atom. The highest BCUT2D eigenvalue weighted by molar-refractivity contribution is 5.95. The molecule has 0 radical (unpaired) electrons. The SMILES string of the molecule is COc1cccc(CN2CCCC3(CCN(C(=O)c4cn[nH]c4C)C3)C2)c1. The van der Waals surface area contributed by atoms with Gasteiger partial charge >= 0.3 is 0 Å². The number of aryl methyl sites for hydroxylation is 1. The first-order chi connectivity index (χ1) is 13.1. The number of H-pyrrole nitrogens is 1. The minimum Gasteiger partial charge on any atom is -0.497 e. The minimum absolute atomic E-state index is 0.114. The Balaban J connectivity index is 1.42. The Labute approximate surface area is 160 Å². The molecule has 1 amide bonds. The summed E-state index contributed by atoms with van der Waals surface area (Å²) in [4.78, 5) is 17.4. The van der Waals surface area contributed by atoms with Crippen LogP contribution < -0.4 is 4.74 Å². The number of benzene rings is 1. The van der Waals surface area contributed by atoms with Gasteiger partial charge in [0.25, 0.3) is 5.91 Å². The van der Waals surface area contributed by atoms with Crippen LogP contribution in [0.15, 0.2) is 30.5 Å². The molecule has 1 spiro atoms. The predicted octanol–water partition coefficient (Wildman–Crippen LogP) is 2.86. The van der Waals surface area contributed by atoms with Crippen molar-refractivity contribution >= 4 is 5.91 Å². The van der Waals surface area contributed by atoms with Crippen molar-refractivity contribution in [2.75, 3.05) is 33.3 Å². The van der Waals surface area contributed by atoms with E-state index >= 15 is 0 Å². The number of carbonyl (C=O) groups excluding carboxylic acids is 1. The number of methoxy groups -OCH3 is 1. The number of likely N-dealkylation sites (tertiary alicyclic amines) is 2. The number of ether oxygens (including phenoxy) is 1. The highest BCUT2D eigenvalue weighted by Crippen LogP contribution is 2.40. The van der Waals surface area contributed by atoms with Crippen molar-refractivity contribution in [2.45, 2.75) is 32.7 Å². The molecule has 2 aliphatic rings. The van der Waals surface area contributed by atoms with Crippen molar-refractivity contribution in [1.29, 1.82) is 0 Å². The van der Waals surface area contributed by atoms with Gasteiger partial charge in [-0.05, 0) is 50.4 Å². The molecule has 0 saturated carbocycles. The summed E-state index contributed by atoms with van der Waals surface area (Å²) in [5.41, 5.74) is 3.07. The number of nitrogens with zero attached hydrogens (tertiary/aromatic N) is 3. The third-order valence-electron chi connectivity index (χ3n) is 6.07. The Morgan fingerprint density at radius 2 is 2.19 bits per heavy atom. The van der Waals surface area contributed by atoms with Crippen LogP contribution >= 0.6 is 0 Å². The molecule has 1 unspecified atom stereocenters. The molecule has 3 heterocycles. The van der Waals surface area contributed by atoms with Gasteiger partial charge in [-0.25, -0.2) is 0 Å². The molecule has 6 heteroatoms. The number of nitrogens with one attached hydrogen (secondary N) is 1. The zero-order valence-electron chi connectivity index (χ0n) is 16.2. The summed E-state index contributed by atoms with van der Waals surface area (Å²) in [5.74, 6) is 1.02. The smallest absolute Gasteiger partial charge is 0.257 e. The number of rotatable bonds is 4. The van der Waals surface area contributed by atoms with Gasteiger partial charge in [-0.15, -0.1) is 0 Å². The lowest BCUT2D eigenvalue weighted by Crippen LogP contribution is -2.45. The van der Waals surface area contributed by atoms with Crippen LogP contribution in [0, 0.1) is 12.3 Å². The van der Waals surface area contributed by atoms with E-state index in [1.54, 1.807) is 13.3 Å². The fourth-order valence-electron chi connectivity index (χ4n) is 4.65. The van der Waals surface area contributed by atoms with Gasteiger partial charge in [0.05, 0.1) is 18.9 Å². The Hall–Kier alpha value is -2.34. The summed E-state index contributed by atoms with van der Waals surface area (Å²) >= 11 is 0. The van der Waals surface area contributed by atoms with E-state index in [0.29, 0.717) is 5.56 Å². The first-order valence-electron chi connectivity index (χ1n) is 9.73. The number of piperidine rings is 1. The van der Waals surface area contributed by atoms with Crippen LogP contribution in [0.4, 0.5) is 0 Å². The second-order valence-electron chi connectivity index (χ2n) is 8.05. The van der Waals surface area contributed by atoms with E-state index < -0.39 is 0 Å². The minimum atomic E-state index is 0.114. The molecule has 0 aliphatic carbocycles. The second kappa shape index (κ2) is 7.35. The van der Waals surface area contributed by atoms with Crippen LogP contribution in [0.3, 0.4) is 0 Å². The highest BCUT2D eigenvalue weighted by atomic mass is 16.5. The van der Waals surface area contributed by atoms with Crippen LogP contribution in [-0.2, 0) is 6.54 Å². The van der Waals surface area contributed by atoms with Gasteiger partial charge in [-0.2, -0.15) is 5.10 Å². The molecule has 1 N–H and O–H groups in total. The van der Waals surface area contributed by atoms with E-state index in [0.717, 1.165) is 50.6 Å². The van der Waals surface area contributed by atoms with E-state index in [2.05, 4.69) is 33.3 Å². The topological polar surface area (TPSA) is 61.5 Å². The average Bonchev–Trinajstić information content (AvgIpc) is 3.28. The summed E-state index contributed by atoms with van der Waals surface area (Å²) in [6.07, 6.45) is 5.13. The van der Waals surface area contributed by atoms with E-state index in [9.17, 15) is 4.79 Å². The van der Waals surface area contributed by atoms with Crippen LogP contribution in [0.1, 0.15) is 40.9 Å². The van der Waals surface area contributed by atoms with E-state index in [4.69, 9.17) is 4.74 Å². The summed E-state index contributed by atoms with van der Waals surface area (Å²) in [7, 11) is 1.71. The lowest BCUT2D eigenvalue weighted by Gasteiger charge is -2.40. The molecule has 4 rings (SSSR count). The quantitative estimate of drug-likeness (QED) is 0.901. The molecule has 2 saturated heterocycles. The zero-order valence-corrected chi connectivity index (χ0v) is 16.2. The standard InChI is InChI=1S/C21H28N4O2/c1-16-19(12-22-23-16)20(26)25-10-8-21(15-25)7-4-9-24(14-21)13-17-5-3-6-18(11-17)27-2/h3,5-6,11-12H,4,7-10,13-15H2,1-2H3,(H,22,23). The summed E-state index contributed by atoms with van der Waals surface area (Å²) < 4.78 is 5.35. The van der Waals surface area contributed by atoms with Crippen LogP contribution in [0.25, 0.3) is 0 Å². The molecule has 144 valence electrons. The fourth-order valence-corrected chi connectivity index (χ4v) is 4.65. The number of aromatic nitrogens is 2. The van der Waals surface area contributed by atoms with E-state index in [-0.39, 0.29) is 11.3 Å². The molecule has 2 aliphatic heterocycles. The molecular formula is C21H28N4O2. The number of aromatic amines is 1. The molecule has 2 aromatic rings. The monoisotopic (exact) mass is 368 g/mol. The summed E-state index contributed by atoms with van der Waals surface area (Å²) in [6.45, 7) is 6.71. The van der Waals surface area contributed by atoms with Crippen molar-refractivity contribution in [2.24, 2.45) is 5.41 Å². The van der Waals surface area contributed by atoms with Crippen LogP contribution in [0.2, 0.25) is 0 Å². The molecule has 2 fully saturated rings. The Bertz CT molecular complexity index is 818. The van der Waals surface area contributed by atoms with E-state index in [1.165, 1.54) is 18.4 Å². The Kier molecular flexibility index (Phi) is 4.91. The zero-order chi connectivity index (χ0) is 18.9. The normalized spacial score (nSPS) is 23.1. The third kappa shape index (κ3) is 3.72. The number of hydrogen-bond donors (Lipinski definition) is 1. The summed E-state index contributed by atoms with van der Waals surface area (Å²) in [6, 6.07) is 8.32. The van der Waals surface area contributed by atoms with Crippen LogP contribution in [0.5, 0.6) is 5.75 Å². The third-order valence-corrected chi connectivity index (χ3v) is 6.07. The maximum absolute atomic E-state index is 12.8. The van der Waals surface area contributed by atoms with Gasteiger partial charge in [0, 0.05) is 37.3 Å². The summed E-state index contributed by atoms with van der Waals surface area (Å²) in [5, 5.41) is 6.87. The largest absolute Gasteiger partial charge is 0.497 e. The molecule has 1 aromatic heterocycles. The van der Waals surface area contributed by atoms with Crippen molar-refractivity contribution in [3.8, 4) is 5.75 Å². The molecule has 1 atom stereocenters. The lowest BCUT2D eigenvalue weighted by atomic mass is 9.79. The van der Waals surface area contributed by atoms with Crippen molar-refractivity contribution < 1.29 is 9.53 Å². The first kappa shape index (κ1) is 18.0. The van der Waals surface area contributed by atoms with Crippen molar-refractivity contribution in [1.82, 2.24) is 20.0 Å². The van der Waals surface area contributed by atoms with Gasteiger partial charge in [-0.1, -0.05) is 12.1 Å². The van der Waals surface area contributed by atoms with Crippen molar-refractivity contribution in [3.05, 3.63) is 47.3 Å². The molecule has 27 heavy (non-hydrogen) atoms. The number of carbonyl (C=O) groups is 1. The second-order valence-corrected chi connectivity index (χ2v) is 8.05. The van der Waals surface area contributed by atoms with E-state index in [1.807, 2.05) is 17.9 Å². The van der Waals surface area contributed by atoms with Gasteiger partial charge in [-0.3, -0.25) is 14.8 Å². The first-order valence-corrected chi connectivity index (χ1v) is 9.73. The maximum Gasteiger partial charge on any atom is 0.257 e. The predicted molar refractivity (Wildman–Crippen MR) is 104 cm³/mol. The molecule has 6 nitrogen and oxygen atoms in total.